The molecule has 0 aliphatic heterocycles. The summed E-state index contributed by atoms with van der Waals surface area (Å²) in [4.78, 5) is 10.6. The maximum Gasteiger partial charge on any atom is 0.275 e. The first-order valence-electron chi connectivity index (χ1n) is 6.70. The van der Waals surface area contributed by atoms with Crippen LogP contribution >= 0.6 is 11.6 Å². The second-order valence-corrected chi connectivity index (χ2v) is 5.71. The van der Waals surface area contributed by atoms with E-state index in [1.165, 1.54) is 25.3 Å². The smallest absolute Gasteiger partial charge is 0.275 e. The van der Waals surface area contributed by atoms with Crippen molar-refractivity contribution < 1.29 is 4.92 Å². The Labute approximate surface area is 118 Å². The first-order chi connectivity index (χ1) is 9.08. The van der Waals surface area contributed by atoms with Gasteiger partial charge in [-0.25, -0.2) is 0 Å². The molecule has 0 spiro atoms. The van der Waals surface area contributed by atoms with E-state index in [0.717, 1.165) is 13.0 Å². The zero-order chi connectivity index (χ0) is 13.9. The highest BCUT2D eigenvalue weighted by molar-refractivity contribution is 6.31. The molecule has 0 amide bonds. The van der Waals surface area contributed by atoms with E-state index in [2.05, 4.69) is 12.2 Å². The number of nitro groups is 1. The number of halogens is 1. The monoisotopic (exact) mass is 282 g/mol. The molecule has 0 saturated heterocycles. The third kappa shape index (κ3) is 3.07. The number of benzene rings is 1. The van der Waals surface area contributed by atoms with Crippen molar-refractivity contribution in [1.82, 2.24) is 5.32 Å². The van der Waals surface area contributed by atoms with Crippen LogP contribution in [-0.2, 0) is 6.54 Å². The molecule has 0 atom stereocenters. The van der Waals surface area contributed by atoms with Gasteiger partial charge in [0.1, 0.15) is 0 Å². The Morgan fingerprint density at radius 1 is 1.47 bits per heavy atom. The summed E-state index contributed by atoms with van der Waals surface area (Å²) in [6, 6.07) is 4.82. The van der Waals surface area contributed by atoms with Crippen LogP contribution in [0.3, 0.4) is 0 Å². The molecule has 0 heterocycles. The summed E-state index contributed by atoms with van der Waals surface area (Å²) in [5.41, 5.74) is 1.08. The fraction of sp³-hybridized carbons (Fsp3) is 0.571. The Balaban J connectivity index is 2.01. The maximum absolute atomic E-state index is 11.0. The van der Waals surface area contributed by atoms with E-state index in [1.54, 1.807) is 12.1 Å². The molecule has 1 N–H and O–H groups in total. The summed E-state index contributed by atoms with van der Waals surface area (Å²) < 4.78 is 0. The average Bonchev–Trinajstić information content (AvgIpc) is 2.34. The van der Waals surface area contributed by atoms with E-state index in [-0.39, 0.29) is 10.6 Å². The van der Waals surface area contributed by atoms with Crippen LogP contribution in [0.25, 0.3) is 0 Å². The van der Waals surface area contributed by atoms with Gasteiger partial charge in [0, 0.05) is 19.2 Å². The predicted molar refractivity (Wildman–Crippen MR) is 76.4 cm³/mol. The highest BCUT2D eigenvalue weighted by Gasteiger charge is 2.34. The van der Waals surface area contributed by atoms with Gasteiger partial charge in [-0.15, -0.1) is 0 Å². The fourth-order valence-corrected chi connectivity index (χ4v) is 2.91. The Morgan fingerprint density at radius 3 is 2.74 bits per heavy atom. The number of rotatable bonds is 6. The fourth-order valence-electron chi connectivity index (χ4n) is 2.68. The number of nitro benzene ring substituents is 1. The molecule has 1 fully saturated rings. The largest absolute Gasteiger partial charge is 0.312 e. The molecule has 1 saturated carbocycles. The Morgan fingerprint density at radius 2 is 2.21 bits per heavy atom. The van der Waals surface area contributed by atoms with Gasteiger partial charge in [0.25, 0.3) is 5.69 Å². The maximum atomic E-state index is 11.0. The van der Waals surface area contributed by atoms with E-state index < -0.39 is 0 Å². The highest BCUT2D eigenvalue weighted by Crippen LogP contribution is 2.43. The Kier molecular flexibility index (Phi) is 4.42. The lowest BCUT2D eigenvalue weighted by molar-refractivity contribution is -0.385. The lowest BCUT2D eigenvalue weighted by Crippen LogP contribution is -2.39. The summed E-state index contributed by atoms with van der Waals surface area (Å²) in [6.07, 6.45) is 4.95. The highest BCUT2D eigenvalue weighted by atomic mass is 35.5. The second-order valence-electron chi connectivity index (χ2n) is 5.31. The number of nitrogens with zero attached hydrogens (tertiary/aromatic N) is 1. The van der Waals surface area contributed by atoms with Crippen LogP contribution in [0.15, 0.2) is 18.2 Å². The molecule has 104 valence electrons. The SMILES string of the molecule is CCC1(CNCc2c(Cl)cccc2[N+](=O)[O-])CCC1. The summed E-state index contributed by atoms with van der Waals surface area (Å²) in [5.74, 6) is 0. The quantitative estimate of drug-likeness (QED) is 0.635. The third-order valence-electron chi connectivity index (χ3n) is 4.26. The normalized spacial score (nSPS) is 16.9. The molecule has 2 rings (SSSR count). The van der Waals surface area contributed by atoms with Gasteiger partial charge in [-0.1, -0.05) is 31.0 Å². The summed E-state index contributed by atoms with van der Waals surface area (Å²) in [6.45, 7) is 3.57. The summed E-state index contributed by atoms with van der Waals surface area (Å²) in [5, 5.41) is 14.8. The van der Waals surface area contributed by atoms with Crippen molar-refractivity contribution in [3.8, 4) is 0 Å². The minimum Gasteiger partial charge on any atom is -0.312 e. The van der Waals surface area contributed by atoms with Crippen LogP contribution in [0.5, 0.6) is 0 Å². The molecular weight excluding hydrogens is 264 g/mol. The van der Waals surface area contributed by atoms with Crippen LogP contribution in [0, 0.1) is 15.5 Å². The van der Waals surface area contributed by atoms with Crippen molar-refractivity contribution in [2.24, 2.45) is 5.41 Å². The van der Waals surface area contributed by atoms with Crippen LogP contribution < -0.4 is 5.32 Å². The molecule has 0 bridgehead atoms. The zero-order valence-electron chi connectivity index (χ0n) is 11.1. The van der Waals surface area contributed by atoms with Gasteiger partial charge in [0.2, 0.25) is 0 Å². The van der Waals surface area contributed by atoms with Crippen molar-refractivity contribution in [3.63, 3.8) is 0 Å². The van der Waals surface area contributed by atoms with E-state index in [0.29, 0.717) is 22.5 Å². The van der Waals surface area contributed by atoms with Crippen molar-refractivity contribution >= 4 is 17.3 Å². The zero-order valence-corrected chi connectivity index (χ0v) is 11.9. The van der Waals surface area contributed by atoms with Gasteiger partial charge >= 0.3 is 0 Å². The molecule has 0 unspecified atom stereocenters. The van der Waals surface area contributed by atoms with Gasteiger partial charge in [-0.2, -0.15) is 0 Å². The molecule has 0 aromatic heterocycles. The molecule has 1 aromatic carbocycles. The minimum absolute atomic E-state index is 0.0964. The Bertz CT molecular complexity index is 467. The lowest BCUT2D eigenvalue weighted by atomic mass is 9.67. The molecule has 19 heavy (non-hydrogen) atoms. The van der Waals surface area contributed by atoms with E-state index in [9.17, 15) is 10.1 Å². The summed E-state index contributed by atoms with van der Waals surface area (Å²) >= 11 is 6.06. The van der Waals surface area contributed by atoms with Crippen LogP contribution in [-0.4, -0.2) is 11.5 Å². The number of nitrogens with one attached hydrogen (secondary N) is 1. The molecule has 4 nitrogen and oxygen atoms in total. The number of hydrogen-bond donors (Lipinski definition) is 1. The van der Waals surface area contributed by atoms with E-state index >= 15 is 0 Å². The van der Waals surface area contributed by atoms with Gasteiger partial charge in [0.15, 0.2) is 0 Å². The first-order valence-corrected chi connectivity index (χ1v) is 7.08. The van der Waals surface area contributed by atoms with Crippen LogP contribution in [0.4, 0.5) is 5.69 Å². The Hall–Kier alpha value is -1.13. The van der Waals surface area contributed by atoms with Crippen molar-refractivity contribution in [1.29, 1.82) is 0 Å². The van der Waals surface area contributed by atoms with Gasteiger partial charge < -0.3 is 5.32 Å². The predicted octanol–water partition coefficient (Wildman–Crippen LogP) is 3.92. The van der Waals surface area contributed by atoms with Crippen molar-refractivity contribution in [3.05, 3.63) is 38.9 Å². The molecule has 5 heteroatoms. The first kappa shape index (κ1) is 14.3. The van der Waals surface area contributed by atoms with Crippen molar-refractivity contribution in [2.75, 3.05) is 6.54 Å². The van der Waals surface area contributed by atoms with Gasteiger partial charge in [-0.05, 0) is 30.7 Å². The molecule has 1 aliphatic carbocycles. The lowest BCUT2D eigenvalue weighted by Gasteiger charge is -2.41. The minimum atomic E-state index is -0.373. The van der Waals surface area contributed by atoms with Gasteiger partial charge in [0.05, 0.1) is 15.5 Å². The van der Waals surface area contributed by atoms with Crippen LogP contribution in [0.1, 0.15) is 38.2 Å². The van der Waals surface area contributed by atoms with E-state index in [1.807, 2.05) is 0 Å². The standard InChI is InChI=1S/C14H19ClN2O2/c1-2-14(7-4-8-14)10-16-9-11-12(15)5-3-6-13(11)17(18)19/h3,5-6,16H,2,4,7-10H2,1H3. The molecule has 0 radical (unpaired) electrons. The van der Waals surface area contributed by atoms with Gasteiger partial charge in [-0.3, -0.25) is 10.1 Å². The topological polar surface area (TPSA) is 55.2 Å². The molecular formula is C14H19ClN2O2. The average molecular weight is 283 g/mol. The molecule has 1 aromatic rings. The van der Waals surface area contributed by atoms with E-state index in [4.69, 9.17) is 11.6 Å². The molecule has 1 aliphatic rings. The third-order valence-corrected chi connectivity index (χ3v) is 4.61. The summed E-state index contributed by atoms with van der Waals surface area (Å²) in [7, 11) is 0. The van der Waals surface area contributed by atoms with Crippen LogP contribution in [0.2, 0.25) is 5.02 Å². The number of hydrogen-bond acceptors (Lipinski definition) is 3. The second kappa shape index (κ2) is 5.88. The van der Waals surface area contributed by atoms with Crippen molar-refractivity contribution in [2.45, 2.75) is 39.2 Å².